The van der Waals surface area contributed by atoms with Crippen LogP contribution in [0.1, 0.15) is 16.7 Å². The summed E-state index contributed by atoms with van der Waals surface area (Å²) < 4.78 is 52.5. The minimum atomic E-state index is -4.46. The van der Waals surface area contributed by atoms with Crippen molar-refractivity contribution in [1.29, 1.82) is 0 Å². The first kappa shape index (κ1) is 23.9. The average Bonchev–Trinajstić information content (AvgIpc) is 2.84. The summed E-state index contributed by atoms with van der Waals surface area (Å²) in [5, 5.41) is 9.02. The fraction of sp³-hybridized carbons (Fsp3) is 0.250. The lowest BCUT2D eigenvalue weighted by Crippen LogP contribution is -2.51. The zero-order chi connectivity index (χ0) is 25.3. The lowest BCUT2D eigenvalue weighted by molar-refractivity contribution is -0.147. The van der Waals surface area contributed by atoms with E-state index < -0.39 is 17.7 Å². The molecule has 0 atom stereocenters. The second-order valence-corrected chi connectivity index (χ2v) is 9.05. The number of likely N-dealkylation sites (tertiary alicyclic amines) is 1. The highest BCUT2D eigenvalue weighted by Crippen LogP contribution is 2.38. The summed E-state index contributed by atoms with van der Waals surface area (Å²) in [6.45, 7) is 2.27. The quantitative estimate of drug-likeness (QED) is 0.453. The highest BCUT2D eigenvalue weighted by Gasteiger charge is 2.34. The van der Waals surface area contributed by atoms with Crippen molar-refractivity contribution in [3.8, 4) is 22.6 Å². The zero-order valence-electron chi connectivity index (χ0n) is 19.3. The van der Waals surface area contributed by atoms with Crippen molar-refractivity contribution in [2.24, 2.45) is 5.92 Å². The van der Waals surface area contributed by atoms with Gasteiger partial charge in [-0.15, -0.1) is 0 Å². The Bertz CT molecular complexity index is 1300. The number of aliphatic carboxylic acids is 1. The van der Waals surface area contributed by atoms with Crippen molar-refractivity contribution < 1.29 is 32.5 Å². The van der Waals surface area contributed by atoms with Crippen molar-refractivity contribution >= 4 is 12.0 Å². The monoisotopic (exact) mass is 495 g/mol. The topological polar surface area (TPSA) is 59.0 Å². The van der Waals surface area contributed by atoms with E-state index in [9.17, 15) is 18.0 Å². The summed E-state index contributed by atoms with van der Waals surface area (Å²) in [5.41, 5.74) is 2.52. The van der Waals surface area contributed by atoms with Gasteiger partial charge in [-0.05, 0) is 52.6 Å². The molecule has 5 nitrogen and oxygen atoms in total. The number of carboxylic acids is 1. The fourth-order valence-corrected chi connectivity index (χ4v) is 4.47. The summed E-state index contributed by atoms with van der Waals surface area (Å²) >= 11 is 0. The first-order valence-corrected chi connectivity index (χ1v) is 11.6. The standard InChI is InChI=1S/C28H24F3NO4/c29-28(30,31)25-9-6-18(11-24(25)20-4-2-1-3-5-20)16-35-23-8-7-21-10-19(17-36-26(21)12-23)13-32-14-22(15-32)27(33)34/h1-12,22H,13-17H2,(H,33,34). The maximum atomic E-state index is 13.6. The Balaban J connectivity index is 1.26. The van der Waals surface area contributed by atoms with Crippen LogP contribution in [0.3, 0.4) is 0 Å². The van der Waals surface area contributed by atoms with E-state index >= 15 is 0 Å². The maximum Gasteiger partial charge on any atom is 0.417 e. The highest BCUT2D eigenvalue weighted by atomic mass is 19.4. The van der Waals surface area contributed by atoms with Gasteiger partial charge in [0, 0.05) is 31.3 Å². The zero-order valence-corrected chi connectivity index (χ0v) is 19.3. The van der Waals surface area contributed by atoms with Crippen LogP contribution in [0.5, 0.6) is 11.5 Å². The van der Waals surface area contributed by atoms with Gasteiger partial charge in [-0.25, -0.2) is 0 Å². The number of alkyl halides is 3. The Hall–Kier alpha value is -3.78. The average molecular weight is 495 g/mol. The Morgan fingerprint density at radius 3 is 2.56 bits per heavy atom. The smallest absolute Gasteiger partial charge is 0.417 e. The van der Waals surface area contributed by atoms with Crippen LogP contribution < -0.4 is 9.47 Å². The summed E-state index contributed by atoms with van der Waals surface area (Å²) in [5.74, 6) is 0.167. The number of ether oxygens (including phenoxy) is 2. The van der Waals surface area contributed by atoms with Gasteiger partial charge in [-0.1, -0.05) is 36.4 Å². The number of carboxylic acid groups (broad SMARTS) is 1. The molecule has 5 rings (SSSR count). The molecule has 0 bridgehead atoms. The second kappa shape index (κ2) is 9.70. The summed E-state index contributed by atoms with van der Waals surface area (Å²) in [6, 6.07) is 18.0. The van der Waals surface area contributed by atoms with Crippen LogP contribution in [0.4, 0.5) is 13.2 Å². The molecule has 1 fully saturated rings. The van der Waals surface area contributed by atoms with Crippen LogP contribution in [-0.4, -0.2) is 42.2 Å². The number of benzene rings is 3. The minimum Gasteiger partial charge on any atom is -0.489 e. The SMILES string of the molecule is O=C(O)C1CN(CC2=Cc3ccc(OCc4ccc(C(F)(F)F)c(-c5ccccc5)c4)cc3OC2)C1. The van der Waals surface area contributed by atoms with E-state index in [1.165, 1.54) is 12.1 Å². The molecule has 0 spiro atoms. The molecule has 0 aliphatic carbocycles. The molecule has 1 saturated heterocycles. The first-order chi connectivity index (χ1) is 17.3. The summed E-state index contributed by atoms with van der Waals surface area (Å²) in [4.78, 5) is 13.0. The van der Waals surface area contributed by atoms with Crippen LogP contribution in [0.2, 0.25) is 0 Å². The Labute approximate surface area is 206 Å². The molecule has 2 heterocycles. The number of fused-ring (bicyclic) bond motifs is 1. The van der Waals surface area contributed by atoms with Gasteiger partial charge in [-0.2, -0.15) is 13.2 Å². The fourth-order valence-electron chi connectivity index (χ4n) is 4.47. The van der Waals surface area contributed by atoms with Crippen LogP contribution >= 0.6 is 0 Å². The number of carbonyl (C=O) groups is 1. The Morgan fingerprint density at radius 2 is 1.83 bits per heavy atom. The van der Waals surface area contributed by atoms with E-state index in [2.05, 4.69) is 4.90 Å². The molecule has 0 saturated carbocycles. The summed E-state index contributed by atoms with van der Waals surface area (Å²) in [7, 11) is 0. The van der Waals surface area contributed by atoms with E-state index in [0.717, 1.165) is 17.2 Å². The first-order valence-electron chi connectivity index (χ1n) is 11.6. The van der Waals surface area contributed by atoms with Crippen molar-refractivity contribution in [3.63, 3.8) is 0 Å². The largest absolute Gasteiger partial charge is 0.489 e. The second-order valence-electron chi connectivity index (χ2n) is 9.05. The van der Waals surface area contributed by atoms with Crippen LogP contribution in [0.25, 0.3) is 17.2 Å². The summed E-state index contributed by atoms with van der Waals surface area (Å²) in [6.07, 6.45) is -2.42. The van der Waals surface area contributed by atoms with E-state index in [4.69, 9.17) is 14.6 Å². The molecular weight excluding hydrogens is 471 g/mol. The normalized spacial score (nSPS) is 15.9. The lowest BCUT2D eigenvalue weighted by Gasteiger charge is -2.37. The van der Waals surface area contributed by atoms with Crippen LogP contribution in [-0.2, 0) is 17.6 Å². The molecule has 0 unspecified atom stereocenters. The molecular formula is C28H24F3NO4. The van der Waals surface area contributed by atoms with Crippen molar-refractivity contribution in [2.45, 2.75) is 12.8 Å². The lowest BCUT2D eigenvalue weighted by atomic mass is 9.97. The third kappa shape index (κ3) is 5.23. The number of hydrogen-bond donors (Lipinski definition) is 1. The molecule has 186 valence electrons. The van der Waals surface area contributed by atoms with Gasteiger partial charge in [0.1, 0.15) is 24.7 Å². The molecule has 0 aromatic heterocycles. The van der Waals surface area contributed by atoms with Gasteiger partial charge in [-0.3, -0.25) is 9.69 Å². The van der Waals surface area contributed by atoms with Crippen molar-refractivity contribution in [1.82, 2.24) is 4.90 Å². The third-order valence-electron chi connectivity index (χ3n) is 6.37. The molecule has 36 heavy (non-hydrogen) atoms. The van der Waals surface area contributed by atoms with Crippen LogP contribution in [0.15, 0.2) is 72.3 Å². The highest BCUT2D eigenvalue weighted by molar-refractivity contribution is 5.72. The van der Waals surface area contributed by atoms with E-state index in [1.54, 1.807) is 42.5 Å². The van der Waals surface area contributed by atoms with Gasteiger partial charge in [0.25, 0.3) is 0 Å². The molecule has 8 heteroatoms. The number of nitrogens with zero attached hydrogens (tertiary/aromatic N) is 1. The third-order valence-corrected chi connectivity index (χ3v) is 6.37. The molecule has 2 aliphatic rings. The van der Waals surface area contributed by atoms with E-state index in [0.29, 0.717) is 48.9 Å². The van der Waals surface area contributed by atoms with Gasteiger partial charge in [0.15, 0.2) is 0 Å². The molecule has 3 aromatic carbocycles. The molecule has 1 N–H and O–H groups in total. The van der Waals surface area contributed by atoms with Crippen molar-refractivity contribution in [3.05, 3.63) is 89.0 Å². The minimum absolute atomic E-state index is 0.109. The van der Waals surface area contributed by atoms with Gasteiger partial charge in [0.2, 0.25) is 0 Å². The number of hydrogen-bond acceptors (Lipinski definition) is 4. The van der Waals surface area contributed by atoms with Gasteiger partial charge < -0.3 is 14.6 Å². The maximum absolute atomic E-state index is 13.6. The Morgan fingerprint density at radius 1 is 1.06 bits per heavy atom. The Kier molecular flexibility index (Phi) is 6.45. The number of halogens is 3. The van der Waals surface area contributed by atoms with Crippen molar-refractivity contribution in [2.75, 3.05) is 26.2 Å². The van der Waals surface area contributed by atoms with Gasteiger partial charge in [0.05, 0.1) is 11.5 Å². The van der Waals surface area contributed by atoms with Crippen LogP contribution in [0, 0.1) is 5.92 Å². The molecule has 0 amide bonds. The molecule has 3 aromatic rings. The predicted octanol–water partition coefficient (Wildman–Crippen LogP) is 5.74. The van der Waals surface area contributed by atoms with Gasteiger partial charge >= 0.3 is 12.1 Å². The van der Waals surface area contributed by atoms with E-state index in [-0.39, 0.29) is 18.1 Å². The number of rotatable bonds is 7. The molecule has 0 radical (unpaired) electrons. The predicted molar refractivity (Wildman–Crippen MR) is 129 cm³/mol. The molecule has 2 aliphatic heterocycles. The van der Waals surface area contributed by atoms with E-state index in [1.807, 2.05) is 12.1 Å².